The Morgan fingerprint density at radius 2 is 2.27 bits per heavy atom. The molecule has 0 radical (unpaired) electrons. The fraction of sp³-hybridized carbons (Fsp3) is 0.111. The number of pyridine rings is 1. The lowest BCUT2D eigenvalue weighted by atomic mass is 10.3. The summed E-state index contributed by atoms with van der Waals surface area (Å²) in [5.41, 5.74) is 1.24. The van der Waals surface area contributed by atoms with E-state index >= 15 is 0 Å². The second-order valence-electron chi connectivity index (χ2n) is 2.91. The molecule has 15 heavy (non-hydrogen) atoms. The summed E-state index contributed by atoms with van der Waals surface area (Å²) >= 11 is 0. The molecule has 6 nitrogen and oxygen atoms in total. The second kappa shape index (κ2) is 3.87. The van der Waals surface area contributed by atoms with Gasteiger partial charge in [-0.15, -0.1) is 5.10 Å². The lowest BCUT2D eigenvalue weighted by molar-refractivity contribution is -0.137. The summed E-state index contributed by atoms with van der Waals surface area (Å²) in [5.74, 6) is -0.951. The number of hydrogen-bond donors (Lipinski definition) is 1. The van der Waals surface area contributed by atoms with Crippen LogP contribution >= 0.6 is 0 Å². The summed E-state index contributed by atoms with van der Waals surface area (Å²) in [6.45, 7) is -0.195. The number of carboxylic acids is 1. The minimum absolute atomic E-state index is 0.195. The van der Waals surface area contributed by atoms with Gasteiger partial charge < -0.3 is 5.11 Å². The zero-order valence-corrected chi connectivity index (χ0v) is 7.74. The van der Waals surface area contributed by atoms with E-state index in [9.17, 15) is 4.79 Å². The molecular weight excluding hydrogens is 196 g/mol. The average Bonchev–Trinajstić information content (AvgIpc) is 2.67. The van der Waals surface area contributed by atoms with Crippen LogP contribution in [0.15, 0.2) is 30.6 Å². The van der Waals surface area contributed by atoms with Crippen LogP contribution < -0.4 is 0 Å². The van der Waals surface area contributed by atoms with Crippen molar-refractivity contribution in [3.05, 3.63) is 30.6 Å². The van der Waals surface area contributed by atoms with E-state index in [1.807, 2.05) is 6.07 Å². The van der Waals surface area contributed by atoms with Gasteiger partial charge in [-0.3, -0.25) is 9.78 Å². The number of aliphatic carboxylic acids is 1. The van der Waals surface area contributed by atoms with Gasteiger partial charge in [0.1, 0.15) is 12.2 Å². The highest BCUT2D eigenvalue weighted by Gasteiger charge is 2.06. The van der Waals surface area contributed by atoms with E-state index < -0.39 is 5.97 Å². The maximum Gasteiger partial charge on any atom is 0.325 e. The SMILES string of the molecule is O=C(O)Cn1cc(-c2ccccn2)nn1. The quantitative estimate of drug-likeness (QED) is 0.783. The Morgan fingerprint density at radius 3 is 2.93 bits per heavy atom. The van der Waals surface area contributed by atoms with Gasteiger partial charge >= 0.3 is 5.97 Å². The number of hydrogen-bond acceptors (Lipinski definition) is 4. The fourth-order valence-corrected chi connectivity index (χ4v) is 1.15. The lowest BCUT2D eigenvalue weighted by Crippen LogP contribution is -2.08. The third-order valence-corrected chi connectivity index (χ3v) is 1.76. The number of rotatable bonds is 3. The van der Waals surface area contributed by atoms with Crippen molar-refractivity contribution in [2.24, 2.45) is 0 Å². The Morgan fingerprint density at radius 1 is 1.40 bits per heavy atom. The van der Waals surface area contributed by atoms with Gasteiger partial charge in [-0.25, -0.2) is 4.68 Å². The van der Waals surface area contributed by atoms with E-state index in [1.165, 1.54) is 4.68 Å². The molecule has 0 atom stereocenters. The molecule has 0 aliphatic heterocycles. The van der Waals surface area contributed by atoms with Crippen molar-refractivity contribution < 1.29 is 9.90 Å². The van der Waals surface area contributed by atoms with Crippen LogP contribution in [0.1, 0.15) is 0 Å². The summed E-state index contributed by atoms with van der Waals surface area (Å²) in [7, 11) is 0. The third-order valence-electron chi connectivity index (χ3n) is 1.76. The molecule has 76 valence electrons. The lowest BCUT2D eigenvalue weighted by Gasteiger charge is -1.92. The monoisotopic (exact) mass is 204 g/mol. The Hall–Kier alpha value is -2.24. The van der Waals surface area contributed by atoms with Crippen LogP contribution in [0.25, 0.3) is 11.4 Å². The first-order valence-electron chi connectivity index (χ1n) is 4.29. The first kappa shape index (κ1) is 9.32. The number of aromatic nitrogens is 4. The third kappa shape index (κ3) is 2.16. The summed E-state index contributed by atoms with van der Waals surface area (Å²) in [6, 6.07) is 5.42. The van der Waals surface area contributed by atoms with Gasteiger partial charge in [-0.2, -0.15) is 0 Å². The number of nitrogens with zero attached hydrogens (tertiary/aromatic N) is 4. The molecule has 2 rings (SSSR count). The molecule has 0 spiro atoms. The van der Waals surface area contributed by atoms with Crippen LogP contribution in [0, 0.1) is 0 Å². The molecular formula is C9H8N4O2. The highest BCUT2D eigenvalue weighted by molar-refractivity contribution is 5.66. The van der Waals surface area contributed by atoms with Gasteiger partial charge in [0.2, 0.25) is 0 Å². The second-order valence-corrected chi connectivity index (χ2v) is 2.91. The molecule has 0 saturated heterocycles. The molecule has 2 heterocycles. The van der Waals surface area contributed by atoms with E-state index in [-0.39, 0.29) is 6.54 Å². The van der Waals surface area contributed by atoms with Crippen LogP contribution in [-0.2, 0) is 11.3 Å². The summed E-state index contributed by atoms with van der Waals surface area (Å²) < 4.78 is 1.26. The highest BCUT2D eigenvalue weighted by Crippen LogP contribution is 2.11. The van der Waals surface area contributed by atoms with Crippen molar-refractivity contribution in [1.82, 2.24) is 20.0 Å². The molecule has 6 heteroatoms. The zero-order chi connectivity index (χ0) is 10.7. The fourth-order valence-electron chi connectivity index (χ4n) is 1.15. The van der Waals surface area contributed by atoms with Gasteiger partial charge in [-0.1, -0.05) is 11.3 Å². The standard InChI is InChI=1S/C9H8N4O2/c14-9(15)6-13-5-8(11-12-13)7-3-1-2-4-10-7/h1-5H,6H2,(H,14,15). The number of carbonyl (C=O) groups is 1. The summed E-state index contributed by atoms with van der Waals surface area (Å²) in [5, 5.41) is 16.0. The molecule has 0 saturated carbocycles. The van der Waals surface area contributed by atoms with E-state index in [1.54, 1.807) is 24.5 Å². The predicted molar refractivity (Wildman–Crippen MR) is 50.9 cm³/mol. The van der Waals surface area contributed by atoms with E-state index in [0.717, 1.165) is 0 Å². The van der Waals surface area contributed by atoms with Gasteiger partial charge in [0.05, 0.1) is 11.9 Å². The van der Waals surface area contributed by atoms with Crippen LogP contribution in [0.4, 0.5) is 0 Å². The zero-order valence-electron chi connectivity index (χ0n) is 7.74. The maximum atomic E-state index is 10.4. The van der Waals surface area contributed by atoms with Crippen LogP contribution in [0.5, 0.6) is 0 Å². The van der Waals surface area contributed by atoms with Crippen LogP contribution in [0.3, 0.4) is 0 Å². The van der Waals surface area contributed by atoms with Gasteiger partial charge in [0.25, 0.3) is 0 Å². The first-order chi connectivity index (χ1) is 7.25. The molecule has 0 bridgehead atoms. The Labute approximate surface area is 85.2 Å². The Balaban J connectivity index is 2.24. The van der Waals surface area contributed by atoms with Gasteiger partial charge in [-0.05, 0) is 12.1 Å². The molecule has 0 aliphatic carbocycles. The van der Waals surface area contributed by atoms with E-state index in [2.05, 4.69) is 15.3 Å². The van der Waals surface area contributed by atoms with Crippen molar-refractivity contribution in [3.8, 4) is 11.4 Å². The van der Waals surface area contributed by atoms with Crippen molar-refractivity contribution in [1.29, 1.82) is 0 Å². The largest absolute Gasteiger partial charge is 0.480 e. The first-order valence-corrected chi connectivity index (χ1v) is 4.29. The van der Waals surface area contributed by atoms with Gasteiger partial charge in [0, 0.05) is 6.20 Å². The molecule has 0 aromatic carbocycles. The Bertz CT molecular complexity index is 466. The average molecular weight is 204 g/mol. The summed E-state index contributed by atoms with van der Waals surface area (Å²) in [6.07, 6.45) is 3.20. The molecule has 2 aromatic rings. The smallest absolute Gasteiger partial charge is 0.325 e. The van der Waals surface area contributed by atoms with E-state index in [0.29, 0.717) is 11.4 Å². The maximum absolute atomic E-state index is 10.4. The molecule has 2 aromatic heterocycles. The predicted octanol–water partition coefficient (Wildman–Crippen LogP) is 0.425. The summed E-state index contributed by atoms with van der Waals surface area (Å²) in [4.78, 5) is 14.5. The highest BCUT2D eigenvalue weighted by atomic mass is 16.4. The van der Waals surface area contributed by atoms with Crippen molar-refractivity contribution in [3.63, 3.8) is 0 Å². The number of carboxylic acid groups (broad SMARTS) is 1. The van der Waals surface area contributed by atoms with Gasteiger partial charge in [0.15, 0.2) is 0 Å². The topological polar surface area (TPSA) is 80.9 Å². The molecule has 0 unspecified atom stereocenters. The minimum Gasteiger partial charge on any atom is -0.480 e. The minimum atomic E-state index is -0.951. The van der Waals surface area contributed by atoms with Crippen LogP contribution in [-0.4, -0.2) is 31.1 Å². The van der Waals surface area contributed by atoms with Crippen molar-refractivity contribution >= 4 is 5.97 Å². The molecule has 0 fully saturated rings. The normalized spacial score (nSPS) is 10.1. The van der Waals surface area contributed by atoms with Crippen molar-refractivity contribution in [2.45, 2.75) is 6.54 Å². The molecule has 1 N–H and O–H groups in total. The molecule has 0 amide bonds. The van der Waals surface area contributed by atoms with Crippen LogP contribution in [0.2, 0.25) is 0 Å². The molecule has 0 aliphatic rings. The van der Waals surface area contributed by atoms with Crippen molar-refractivity contribution in [2.75, 3.05) is 0 Å². The van der Waals surface area contributed by atoms with E-state index in [4.69, 9.17) is 5.11 Å². The Kier molecular flexibility index (Phi) is 2.40.